The molecule has 0 saturated heterocycles. The van der Waals surface area contributed by atoms with Crippen molar-refractivity contribution in [2.75, 3.05) is 12.8 Å². The average Bonchev–Trinajstić information content (AvgIpc) is 2.67. The monoisotopic (exact) mass is 311 g/mol. The molecular formula is C11H16F3N3O2S. The molecule has 1 aliphatic rings. The van der Waals surface area contributed by atoms with Crippen LogP contribution >= 0.6 is 0 Å². The minimum Gasteiger partial charge on any atom is -0.267 e. The molecule has 0 spiro atoms. The Kier molecular flexibility index (Phi) is 4.10. The van der Waals surface area contributed by atoms with Gasteiger partial charge in [0.05, 0.1) is 12.8 Å². The molecule has 1 aromatic heterocycles. The highest BCUT2D eigenvalue weighted by Gasteiger charge is 2.39. The van der Waals surface area contributed by atoms with Crippen LogP contribution in [0.2, 0.25) is 0 Å². The van der Waals surface area contributed by atoms with Crippen LogP contribution in [0.15, 0.2) is 0 Å². The van der Waals surface area contributed by atoms with Gasteiger partial charge in [0.25, 0.3) is 0 Å². The summed E-state index contributed by atoms with van der Waals surface area (Å²) >= 11 is 0. The Bertz CT molecular complexity index is 593. The molecule has 2 rings (SSSR count). The van der Waals surface area contributed by atoms with Crippen molar-refractivity contribution < 1.29 is 21.6 Å². The van der Waals surface area contributed by atoms with Gasteiger partial charge in [-0.2, -0.15) is 18.3 Å². The zero-order chi connectivity index (χ0) is 15.0. The van der Waals surface area contributed by atoms with Crippen LogP contribution < -0.4 is 4.72 Å². The van der Waals surface area contributed by atoms with Gasteiger partial charge in [-0.25, -0.2) is 13.1 Å². The Morgan fingerprint density at radius 1 is 1.30 bits per heavy atom. The molecule has 0 bridgehead atoms. The molecule has 9 heteroatoms. The molecule has 1 heterocycles. The van der Waals surface area contributed by atoms with Crippen LogP contribution in [0.1, 0.15) is 29.8 Å². The number of halogens is 3. The normalized spacial score (nSPS) is 16.2. The van der Waals surface area contributed by atoms with Gasteiger partial charge in [-0.1, -0.05) is 0 Å². The maximum Gasteiger partial charge on any atom is 0.435 e. The average molecular weight is 311 g/mol. The number of alkyl halides is 3. The molecule has 0 amide bonds. The van der Waals surface area contributed by atoms with Crippen LogP contribution in [0.5, 0.6) is 0 Å². The van der Waals surface area contributed by atoms with Crippen LogP contribution in [-0.2, 0) is 35.6 Å². The fraction of sp³-hybridized carbons (Fsp3) is 0.727. The van der Waals surface area contributed by atoms with E-state index in [2.05, 4.69) is 9.82 Å². The first kappa shape index (κ1) is 15.3. The van der Waals surface area contributed by atoms with Gasteiger partial charge in [-0.15, -0.1) is 0 Å². The Morgan fingerprint density at radius 3 is 2.55 bits per heavy atom. The largest absolute Gasteiger partial charge is 0.435 e. The first-order valence-electron chi connectivity index (χ1n) is 6.29. The topological polar surface area (TPSA) is 64.0 Å². The zero-order valence-corrected chi connectivity index (χ0v) is 11.8. The zero-order valence-electron chi connectivity index (χ0n) is 11.0. The lowest BCUT2D eigenvalue weighted by molar-refractivity contribution is -0.142. The number of aromatic nitrogens is 2. The van der Waals surface area contributed by atoms with Gasteiger partial charge in [0.1, 0.15) is 0 Å². The molecule has 20 heavy (non-hydrogen) atoms. The van der Waals surface area contributed by atoms with Crippen molar-refractivity contribution >= 4 is 10.0 Å². The number of nitrogens with one attached hydrogen (secondary N) is 1. The molecule has 0 atom stereocenters. The summed E-state index contributed by atoms with van der Waals surface area (Å²) in [4.78, 5) is 0. The lowest BCUT2D eigenvalue weighted by Crippen LogP contribution is -2.27. The van der Waals surface area contributed by atoms with Crippen molar-refractivity contribution in [2.24, 2.45) is 0 Å². The number of fused-ring (bicyclic) bond motifs is 1. The molecule has 0 aromatic carbocycles. The van der Waals surface area contributed by atoms with Crippen LogP contribution in [0.4, 0.5) is 13.2 Å². The van der Waals surface area contributed by atoms with E-state index in [1.165, 1.54) is 4.68 Å². The summed E-state index contributed by atoms with van der Waals surface area (Å²) in [6.45, 7) is 0.135. The van der Waals surface area contributed by atoms with Gasteiger partial charge in [0, 0.05) is 17.8 Å². The summed E-state index contributed by atoms with van der Waals surface area (Å²) in [5.41, 5.74) is 0.0218. The highest BCUT2D eigenvalue weighted by Crippen LogP contribution is 2.35. The molecule has 5 nitrogen and oxygen atoms in total. The Morgan fingerprint density at radius 2 is 1.95 bits per heavy atom. The van der Waals surface area contributed by atoms with Gasteiger partial charge in [-0.3, -0.25) is 4.68 Å². The fourth-order valence-corrected chi connectivity index (χ4v) is 2.88. The van der Waals surface area contributed by atoms with E-state index < -0.39 is 21.9 Å². The van der Waals surface area contributed by atoms with E-state index in [1.54, 1.807) is 0 Å². The third-order valence-corrected chi connectivity index (χ3v) is 3.94. The second-order valence-corrected chi connectivity index (χ2v) is 6.70. The molecule has 1 N–H and O–H groups in total. The molecular weight excluding hydrogens is 295 g/mol. The van der Waals surface area contributed by atoms with Crippen LogP contribution in [-0.4, -0.2) is 31.0 Å². The van der Waals surface area contributed by atoms with E-state index in [4.69, 9.17) is 0 Å². The van der Waals surface area contributed by atoms with E-state index in [1.807, 2.05) is 0 Å². The highest BCUT2D eigenvalue weighted by atomic mass is 32.2. The summed E-state index contributed by atoms with van der Waals surface area (Å²) in [6.07, 6.45) is -0.969. The summed E-state index contributed by atoms with van der Waals surface area (Å²) in [6, 6.07) is 0. The van der Waals surface area contributed by atoms with Crippen molar-refractivity contribution in [2.45, 2.75) is 38.4 Å². The molecule has 0 fully saturated rings. The first-order chi connectivity index (χ1) is 9.18. The summed E-state index contributed by atoms with van der Waals surface area (Å²) in [5.74, 6) is 0. The maximum absolute atomic E-state index is 12.9. The lowest BCUT2D eigenvalue weighted by atomic mass is 9.95. The summed E-state index contributed by atoms with van der Waals surface area (Å²) in [7, 11) is -3.35. The molecule has 1 aliphatic carbocycles. The molecule has 0 saturated carbocycles. The molecule has 0 radical (unpaired) electrons. The van der Waals surface area contributed by atoms with E-state index in [-0.39, 0.29) is 18.7 Å². The number of hydrogen-bond donors (Lipinski definition) is 1. The second-order valence-electron chi connectivity index (χ2n) is 4.87. The van der Waals surface area contributed by atoms with E-state index in [0.29, 0.717) is 18.5 Å². The first-order valence-corrected chi connectivity index (χ1v) is 8.18. The minimum absolute atomic E-state index is 0.0320. The smallest absolute Gasteiger partial charge is 0.267 e. The Balaban J connectivity index is 2.23. The summed E-state index contributed by atoms with van der Waals surface area (Å²) < 4.78 is 64.2. The third kappa shape index (κ3) is 3.51. The third-order valence-electron chi connectivity index (χ3n) is 3.21. The fourth-order valence-electron chi connectivity index (χ4n) is 2.42. The van der Waals surface area contributed by atoms with Gasteiger partial charge in [0.2, 0.25) is 10.0 Å². The van der Waals surface area contributed by atoms with Crippen LogP contribution in [0, 0.1) is 0 Å². The van der Waals surface area contributed by atoms with Crippen molar-refractivity contribution in [1.82, 2.24) is 14.5 Å². The second kappa shape index (κ2) is 5.36. The van der Waals surface area contributed by atoms with Gasteiger partial charge in [-0.05, 0) is 25.7 Å². The highest BCUT2D eigenvalue weighted by molar-refractivity contribution is 7.88. The predicted octanol–water partition coefficient (Wildman–Crippen LogP) is 1.33. The lowest BCUT2D eigenvalue weighted by Gasteiger charge is -2.14. The Labute approximate surface area is 115 Å². The van der Waals surface area contributed by atoms with Crippen LogP contribution in [0.25, 0.3) is 0 Å². The predicted molar refractivity (Wildman–Crippen MR) is 66.7 cm³/mol. The van der Waals surface area contributed by atoms with Crippen molar-refractivity contribution in [3.63, 3.8) is 0 Å². The van der Waals surface area contributed by atoms with Crippen molar-refractivity contribution in [3.8, 4) is 0 Å². The van der Waals surface area contributed by atoms with Crippen LogP contribution in [0.3, 0.4) is 0 Å². The maximum atomic E-state index is 12.9. The number of nitrogens with zero attached hydrogens (tertiary/aromatic N) is 2. The van der Waals surface area contributed by atoms with E-state index >= 15 is 0 Å². The SMILES string of the molecule is CS(=O)(=O)NCCn1nc(C(F)(F)F)c2c1CCCC2. The number of sulfonamides is 1. The van der Waals surface area contributed by atoms with Crippen molar-refractivity contribution in [3.05, 3.63) is 17.0 Å². The Hall–Kier alpha value is -1.09. The standard InChI is InChI=1S/C11H16F3N3O2S/c1-20(18,19)15-6-7-17-9-5-3-2-4-8(9)10(16-17)11(12,13)14/h15H,2-7H2,1H3. The molecule has 0 aliphatic heterocycles. The van der Waals surface area contributed by atoms with Gasteiger partial charge < -0.3 is 0 Å². The molecule has 0 unspecified atom stereocenters. The molecule has 114 valence electrons. The van der Waals surface area contributed by atoms with Gasteiger partial charge in [0.15, 0.2) is 5.69 Å². The molecule has 1 aromatic rings. The van der Waals surface area contributed by atoms with E-state index in [9.17, 15) is 21.6 Å². The van der Waals surface area contributed by atoms with Gasteiger partial charge >= 0.3 is 6.18 Å². The number of rotatable bonds is 4. The van der Waals surface area contributed by atoms with Crippen molar-refractivity contribution in [1.29, 1.82) is 0 Å². The quantitative estimate of drug-likeness (QED) is 0.912. The summed E-state index contributed by atoms with van der Waals surface area (Å²) in [5, 5.41) is 3.64. The number of hydrogen-bond acceptors (Lipinski definition) is 3. The minimum atomic E-state index is -4.46. The van der Waals surface area contributed by atoms with E-state index in [0.717, 1.165) is 19.1 Å².